The van der Waals surface area contributed by atoms with E-state index in [1.807, 2.05) is 0 Å². The van der Waals surface area contributed by atoms with Crippen LogP contribution in [-0.2, 0) is 11.2 Å². The van der Waals surface area contributed by atoms with Crippen molar-refractivity contribution < 1.29 is 4.79 Å². The van der Waals surface area contributed by atoms with Crippen LogP contribution in [-0.4, -0.2) is 50.5 Å². The molecular weight excluding hydrogens is 226 g/mol. The van der Waals surface area contributed by atoms with E-state index in [-0.39, 0.29) is 0 Å². The molecule has 0 amide bonds. The van der Waals surface area contributed by atoms with Gasteiger partial charge in [0, 0.05) is 49.7 Å². The smallest absolute Gasteiger partial charge is 0.133 e. The van der Waals surface area contributed by atoms with Crippen molar-refractivity contribution >= 4 is 17.7 Å². The number of carbonyl (C=O) groups excluding carboxylic acids is 1. The van der Waals surface area contributed by atoms with Gasteiger partial charge in [0.15, 0.2) is 0 Å². The second kappa shape index (κ2) is 4.98. The van der Waals surface area contributed by atoms with Crippen molar-refractivity contribution in [3.63, 3.8) is 0 Å². The van der Waals surface area contributed by atoms with E-state index in [1.165, 1.54) is 16.9 Å². The molecule has 1 aromatic carbocycles. The summed E-state index contributed by atoms with van der Waals surface area (Å²) >= 11 is 0. The molecule has 4 nitrogen and oxygen atoms in total. The van der Waals surface area contributed by atoms with E-state index in [9.17, 15) is 4.79 Å². The minimum absolute atomic E-state index is 0.572. The summed E-state index contributed by atoms with van der Waals surface area (Å²) < 4.78 is 0. The maximum atomic E-state index is 10.5. The molecule has 1 saturated heterocycles. The van der Waals surface area contributed by atoms with Crippen LogP contribution >= 0.6 is 0 Å². The second-order valence-electron chi connectivity index (χ2n) is 4.93. The summed E-state index contributed by atoms with van der Waals surface area (Å²) in [4.78, 5) is 15.2. The van der Waals surface area contributed by atoms with Crippen LogP contribution in [0.3, 0.4) is 0 Å². The Morgan fingerprint density at radius 3 is 2.83 bits per heavy atom. The van der Waals surface area contributed by atoms with Gasteiger partial charge in [0.1, 0.15) is 6.29 Å². The fourth-order valence-electron chi connectivity index (χ4n) is 2.90. The zero-order valence-electron chi connectivity index (χ0n) is 10.6. The van der Waals surface area contributed by atoms with Gasteiger partial charge in [-0.15, -0.1) is 0 Å². The molecule has 0 atom stereocenters. The first kappa shape index (κ1) is 11.5. The number of fused-ring (bicyclic) bond motifs is 1. The average molecular weight is 245 g/mol. The maximum Gasteiger partial charge on any atom is 0.133 e. The molecule has 96 valence electrons. The quantitative estimate of drug-likeness (QED) is 0.805. The summed E-state index contributed by atoms with van der Waals surface area (Å²) in [7, 11) is 0. The van der Waals surface area contributed by atoms with Gasteiger partial charge >= 0.3 is 0 Å². The SMILES string of the molecule is O=CCN1CCN(c2cccc3c2CCN3)CC1. The lowest BCUT2D eigenvalue weighted by atomic mass is 10.1. The minimum atomic E-state index is 0.572. The van der Waals surface area contributed by atoms with Gasteiger partial charge in [-0.05, 0) is 18.6 Å². The van der Waals surface area contributed by atoms with E-state index < -0.39 is 0 Å². The van der Waals surface area contributed by atoms with Gasteiger partial charge in [0.2, 0.25) is 0 Å². The molecule has 0 bridgehead atoms. The lowest BCUT2D eigenvalue weighted by molar-refractivity contribution is -0.108. The number of carbonyl (C=O) groups is 1. The summed E-state index contributed by atoms with van der Waals surface area (Å²) in [5.41, 5.74) is 4.13. The topological polar surface area (TPSA) is 35.6 Å². The molecule has 0 unspecified atom stereocenters. The lowest BCUT2D eigenvalue weighted by Gasteiger charge is -2.36. The molecule has 1 aromatic rings. The fourth-order valence-corrected chi connectivity index (χ4v) is 2.90. The average Bonchev–Trinajstić information content (AvgIpc) is 2.88. The highest BCUT2D eigenvalue weighted by Gasteiger charge is 2.21. The van der Waals surface area contributed by atoms with Gasteiger partial charge in [-0.2, -0.15) is 0 Å². The number of nitrogens with zero attached hydrogens (tertiary/aromatic N) is 2. The standard InChI is InChI=1S/C14H19N3O/c18-11-10-16-6-8-17(9-7-16)14-3-1-2-13-12(14)4-5-15-13/h1-3,11,15H,4-10H2. The van der Waals surface area contributed by atoms with Gasteiger partial charge in [0.05, 0.1) is 6.54 Å². The van der Waals surface area contributed by atoms with E-state index in [0.29, 0.717) is 6.54 Å². The molecule has 1 N–H and O–H groups in total. The Morgan fingerprint density at radius 2 is 2.06 bits per heavy atom. The molecule has 18 heavy (non-hydrogen) atoms. The van der Waals surface area contributed by atoms with Crippen LogP contribution in [0.15, 0.2) is 18.2 Å². The first-order valence-electron chi connectivity index (χ1n) is 6.65. The third-order valence-electron chi connectivity index (χ3n) is 3.89. The first-order valence-corrected chi connectivity index (χ1v) is 6.65. The van der Waals surface area contributed by atoms with Gasteiger partial charge in [-0.25, -0.2) is 0 Å². The molecule has 0 aliphatic carbocycles. The normalized spacial score (nSPS) is 19.4. The molecule has 2 aliphatic rings. The molecule has 4 heteroatoms. The van der Waals surface area contributed by atoms with Crippen molar-refractivity contribution in [2.24, 2.45) is 0 Å². The zero-order valence-corrected chi connectivity index (χ0v) is 10.6. The van der Waals surface area contributed by atoms with Gasteiger partial charge < -0.3 is 15.0 Å². The van der Waals surface area contributed by atoms with E-state index in [4.69, 9.17) is 0 Å². The maximum absolute atomic E-state index is 10.5. The largest absolute Gasteiger partial charge is 0.384 e. The van der Waals surface area contributed by atoms with Crippen molar-refractivity contribution in [1.82, 2.24) is 4.90 Å². The van der Waals surface area contributed by atoms with Crippen LogP contribution in [0.5, 0.6) is 0 Å². The Kier molecular flexibility index (Phi) is 3.19. The summed E-state index contributed by atoms with van der Waals surface area (Å²) in [6.07, 6.45) is 2.12. The Labute approximate surface area is 108 Å². The first-order chi connectivity index (χ1) is 8.88. The van der Waals surface area contributed by atoms with Crippen LogP contribution < -0.4 is 10.2 Å². The van der Waals surface area contributed by atoms with E-state index in [2.05, 4.69) is 33.3 Å². The van der Waals surface area contributed by atoms with E-state index in [1.54, 1.807) is 0 Å². The van der Waals surface area contributed by atoms with Gasteiger partial charge in [0.25, 0.3) is 0 Å². The second-order valence-corrected chi connectivity index (χ2v) is 4.93. The number of hydrogen-bond donors (Lipinski definition) is 1. The minimum Gasteiger partial charge on any atom is -0.384 e. The number of benzene rings is 1. The zero-order chi connectivity index (χ0) is 12.4. The van der Waals surface area contributed by atoms with Gasteiger partial charge in [-0.3, -0.25) is 4.90 Å². The fraction of sp³-hybridized carbons (Fsp3) is 0.500. The van der Waals surface area contributed by atoms with Crippen molar-refractivity contribution in [1.29, 1.82) is 0 Å². The molecule has 0 spiro atoms. The highest BCUT2D eigenvalue weighted by Crippen LogP contribution is 2.32. The summed E-state index contributed by atoms with van der Waals surface area (Å²) in [6, 6.07) is 6.51. The Balaban J connectivity index is 1.73. The molecule has 0 radical (unpaired) electrons. The van der Waals surface area contributed by atoms with E-state index in [0.717, 1.165) is 45.4 Å². The molecule has 2 aliphatic heterocycles. The molecule has 2 heterocycles. The lowest BCUT2D eigenvalue weighted by Crippen LogP contribution is -2.47. The van der Waals surface area contributed by atoms with Crippen LogP contribution in [0.2, 0.25) is 0 Å². The molecule has 1 fully saturated rings. The Bertz CT molecular complexity index is 439. The summed E-state index contributed by atoms with van der Waals surface area (Å²) in [5.74, 6) is 0. The van der Waals surface area contributed by atoms with Crippen LogP contribution in [0, 0.1) is 0 Å². The van der Waals surface area contributed by atoms with Gasteiger partial charge in [-0.1, -0.05) is 6.07 Å². The third-order valence-corrected chi connectivity index (χ3v) is 3.89. The Hall–Kier alpha value is -1.55. The Morgan fingerprint density at radius 1 is 1.22 bits per heavy atom. The number of hydrogen-bond acceptors (Lipinski definition) is 4. The molecule has 0 aromatic heterocycles. The summed E-state index contributed by atoms with van der Waals surface area (Å²) in [5, 5.41) is 3.43. The number of aldehydes is 1. The number of anilines is 2. The monoisotopic (exact) mass is 245 g/mol. The van der Waals surface area contributed by atoms with Crippen molar-refractivity contribution in [2.45, 2.75) is 6.42 Å². The van der Waals surface area contributed by atoms with Crippen molar-refractivity contribution in [3.8, 4) is 0 Å². The van der Waals surface area contributed by atoms with E-state index >= 15 is 0 Å². The van der Waals surface area contributed by atoms with Crippen LogP contribution in [0.1, 0.15) is 5.56 Å². The highest BCUT2D eigenvalue weighted by molar-refractivity contribution is 5.69. The third kappa shape index (κ3) is 2.08. The van der Waals surface area contributed by atoms with Crippen LogP contribution in [0.25, 0.3) is 0 Å². The number of nitrogens with one attached hydrogen (secondary N) is 1. The molecule has 0 saturated carbocycles. The molecular formula is C14H19N3O. The highest BCUT2D eigenvalue weighted by atomic mass is 16.1. The van der Waals surface area contributed by atoms with Crippen molar-refractivity contribution in [2.75, 3.05) is 49.5 Å². The predicted molar refractivity (Wildman–Crippen MR) is 73.4 cm³/mol. The molecule has 3 rings (SSSR count). The van der Waals surface area contributed by atoms with Crippen LogP contribution in [0.4, 0.5) is 11.4 Å². The number of piperazine rings is 1. The summed E-state index contributed by atoms with van der Waals surface area (Å²) in [6.45, 7) is 5.63. The van der Waals surface area contributed by atoms with Crippen molar-refractivity contribution in [3.05, 3.63) is 23.8 Å². The predicted octanol–water partition coefficient (Wildman–Crippen LogP) is 0.975. The number of rotatable bonds is 3.